The number of ketones is 1. The monoisotopic (exact) mass is 520 g/mol. The summed E-state index contributed by atoms with van der Waals surface area (Å²) >= 11 is 0. The van der Waals surface area contributed by atoms with E-state index in [2.05, 4.69) is 67.2 Å². The van der Waals surface area contributed by atoms with E-state index >= 15 is 0 Å². The first-order valence-corrected chi connectivity index (χ1v) is 13.7. The number of carbonyl (C=O) groups excluding carboxylic acids is 1. The molecule has 2 heterocycles. The molecule has 0 saturated heterocycles. The standard InChI is InChI=1S/C34H38N3O2/c1-7-8-16-36-24(3)31(22-35-6)32(38)15-14-25-17-27-21-34(4,5)39-33(27)20-30(25)29-19-26(29)18-28-13-11-9-10-12-23(2)37-28/h7-8,13,16-17,19-20,22H,9-12,18,21H2,1-6H3/b8-7-,28-13-,31-24-,35-22?,36-16-,37-23?. The molecular weight excluding hydrogens is 482 g/mol. The van der Waals surface area contributed by atoms with E-state index in [9.17, 15) is 4.79 Å². The summed E-state index contributed by atoms with van der Waals surface area (Å²) in [5.41, 5.74) is 8.41. The highest BCUT2D eigenvalue weighted by molar-refractivity contribution is 6.22. The van der Waals surface area contributed by atoms with Gasteiger partial charge in [0, 0.05) is 55.7 Å². The minimum atomic E-state index is -0.308. The van der Waals surface area contributed by atoms with Gasteiger partial charge in [-0.1, -0.05) is 23.6 Å². The van der Waals surface area contributed by atoms with E-state index in [1.54, 1.807) is 20.2 Å². The van der Waals surface area contributed by atoms with Crippen molar-refractivity contribution < 1.29 is 9.53 Å². The van der Waals surface area contributed by atoms with Gasteiger partial charge in [-0.2, -0.15) is 0 Å². The Hall–Kier alpha value is -3.78. The van der Waals surface area contributed by atoms with Crippen LogP contribution in [-0.4, -0.2) is 36.6 Å². The maximum absolute atomic E-state index is 13.2. The zero-order valence-electron chi connectivity index (χ0n) is 24.0. The largest absolute Gasteiger partial charge is 0.487 e. The molecule has 1 aromatic rings. The smallest absolute Gasteiger partial charge is 0.239 e. The van der Waals surface area contributed by atoms with Crippen molar-refractivity contribution in [2.24, 2.45) is 15.0 Å². The van der Waals surface area contributed by atoms with Gasteiger partial charge in [0.1, 0.15) is 11.4 Å². The lowest BCUT2D eigenvalue weighted by molar-refractivity contribution is -0.110. The highest BCUT2D eigenvalue weighted by atomic mass is 16.5. The van der Waals surface area contributed by atoms with Crippen LogP contribution >= 0.6 is 0 Å². The van der Waals surface area contributed by atoms with Crippen LogP contribution in [0.1, 0.15) is 83.4 Å². The fourth-order valence-corrected chi connectivity index (χ4v) is 4.91. The molecule has 0 bridgehead atoms. The van der Waals surface area contributed by atoms with Crippen LogP contribution < -0.4 is 4.74 Å². The highest BCUT2D eigenvalue weighted by Gasteiger charge is 2.33. The van der Waals surface area contributed by atoms with Gasteiger partial charge in [0.15, 0.2) is 0 Å². The Morgan fingerprint density at radius 1 is 1.26 bits per heavy atom. The molecule has 0 fully saturated rings. The van der Waals surface area contributed by atoms with Crippen molar-refractivity contribution in [1.82, 2.24) is 0 Å². The second kappa shape index (κ2) is 12.4. The molecule has 39 heavy (non-hydrogen) atoms. The number of aliphatic imine (C=N–C) groups is 3. The molecule has 1 aromatic carbocycles. The van der Waals surface area contributed by atoms with Crippen molar-refractivity contribution in [2.75, 3.05) is 7.05 Å². The normalized spacial score (nSPS) is 20.5. The number of benzene rings is 1. The molecule has 0 unspecified atom stereocenters. The molecule has 5 nitrogen and oxygen atoms in total. The van der Waals surface area contributed by atoms with Gasteiger partial charge in [0.2, 0.25) is 5.78 Å². The summed E-state index contributed by atoms with van der Waals surface area (Å²) in [7, 11) is 1.64. The van der Waals surface area contributed by atoms with Gasteiger partial charge in [0.05, 0.1) is 11.3 Å². The van der Waals surface area contributed by atoms with Crippen LogP contribution in [0.4, 0.5) is 0 Å². The van der Waals surface area contributed by atoms with Crippen LogP contribution in [0.25, 0.3) is 5.57 Å². The number of allylic oxidation sites excluding steroid dienone is 7. The molecule has 0 aromatic heterocycles. The van der Waals surface area contributed by atoms with Gasteiger partial charge in [-0.3, -0.25) is 19.8 Å². The third-order valence-corrected chi connectivity index (χ3v) is 6.90. The lowest BCUT2D eigenvalue weighted by atomic mass is 9.96. The zero-order valence-corrected chi connectivity index (χ0v) is 24.0. The number of nitrogens with zero attached hydrogens (tertiary/aromatic N) is 3. The topological polar surface area (TPSA) is 63.4 Å². The van der Waals surface area contributed by atoms with Gasteiger partial charge in [-0.15, -0.1) is 0 Å². The summed E-state index contributed by atoms with van der Waals surface area (Å²) in [5.74, 6) is 6.64. The van der Waals surface area contributed by atoms with E-state index in [4.69, 9.17) is 9.73 Å². The van der Waals surface area contributed by atoms with Crippen LogP contribution in [0, 0.1) is 18.3 Å². The van der Waals surface area contributed by atoms with E-state index in [0.29, 0.717) is 11.3 Å². The molecule has 0 saturated carbocycles. The molecule has 0 N–H and O–H groups in total. The molecule has 1 aliphatic carbocycles. The first-order chi connectivity index (χ1) is 18.7. The molecule has 2 aliphatic heterocycles. The number of hydrogen-bond donors (Lipinski definition) is 0. The van der Waals surface area contributed by atoms with Crippen LogP contribution in [0.3, 0.4) is 0 Å². The third kappa shape index (κ3) is 7.41. The Labute approximate surface area is 233 Å². The number of carbonyl (C=O) groups is 1. The average Bonchev–Trinajstić information content (AvgIpc) is 3.56. The van der Waals surface area contributed by atoms with Crippen molar-refractivity contribution >= 4 is 29.5 Å². The Balaban J connectivity index is 1.69. The van der Waals surface area contributed by atoms with Gasteiger partial charge in [-0.25, -0.2) is 0 Å². The van der Waals surface area contributed by atoms with E-state index < -0.39 is 0 Å². The molecule has 201 valence electrons. The van der Waals surface area contributed by atoms with Gasteiger partial charge < -0.3 is 4.74 Å². The summed E-state index contributed by atoms with van der Waals surface area (Å²) in [6, 6.07) is 4.18. The quantitative estimate of drug-likeness (QED) is 0.216. The first-order valence-electron chi connectivity index (χ1n) is 13.7. The number of rotatable bonds is 7. The highest BCUT2D eigenvalue weighted by Crippen LogP contribution is 2.47. The summed E-state index contributed by atoms with van der Waals surface area (Å²) in [5, 5.41) is 0. The molecule has 4 rings (SSSR count). The van der Waals surface area contributed by atoms with E-state index in [0.717, 1.165) is 59.4 Å². The Kier molecular flexibility index (Phi) is 8.97. The van der Waals surface area contributed by atoms with Crippen molar-refractivity contribution in [2.45, 2.75) is 78.7 Å². The maximum Gasteiger partial charge on any atom is 0.239 e. The average molecular weight is 521 g/mol. The van der Waals surface area contributed by atoms with Crippen LogP contribution in [0.2, 0.25) is 0 Å². The minimum absolute atomic E-state index is 0.266. The van der Waals surface area contributed by atoms with Gasteiger partial charge in [-0.05, 0) is 101 Å². The first kappa shape index (κ1) is 28.2. The van der Waals surface area contributed by atoms with Crippen LogP contribution in [-0.2, 0) is 11.2 Å². The minimum Gasteiger partial charge on any atom is -0.487 e. The van der Waals surface area contributed by atoms with Crippen LogP contribution in [0.5, 0.6) is 5.75 Å². The van der Waals surface area contributed by atoms with E-state index in [1.807, 2.05) is 19.1 Å². The predicted molar refractivity (Wildman–Crippen MR) is 163 cm³/mol. The second-order valence-corrected chi connectivity index (χ2v) is 10.9. The number of Topliss-reactive ketones (excluding diaryl/α,β-unsaturated/α-hetero) is 1. The fraction of sp³-hybridized carbons (Fsp3) is 0.382. The Bertz CT molecular complexity index is 1430. The molecule has 0 spiro atoms. The number of fused-ring (bicyclic) bond motifs is 1. The van der Waals surface area contributed by atoms with E-state index in [-0.39, 0.29) is 11.4 Å². The second-order valence-electron chi connectivity index (χ2n) is 10.9. The van der Waals surface area contributed by atoms with Crippen molar-refractivity contribution in [3.05, 3.63) is 76.0 Å². The SMILES string of the molecule is C\C=C/C=N\C(C)=C(\C=NC)C(=O)C#Cc1cc2c(cc1C1=C(C/C3=C/CCCCC(C)=N3)[CH]1)OC(C)(C)C2. The Morgan fingerprint density at radius 3 is 2.85 bits per heavy atom. The lowest BCUT2D eigenvalue weighted by Crippen LogP contribution is -2.24. The van der Waals surface area contributed by atoms with Crippen molar-refractivity contribution in [3.8, 4) is 17.6 Å². The van der Waals surface area contributed by atoms with Gasteiger partial charge in [0.25, 0.3) is 0 Å². The van der Waals surface area contributed by atoms with Crippen molar-refractivity contribution in [1.29, 1.82) is 0 Å². The molecular formula is C34H38N3O2. The molecule has 1 radical (unpaired) electrons. The summed E-state index contributed by atoms with van der Waals surface area (Å²) in [6.07, 6.45) is 17.5. The van der Waals surface area contributed by atoms with E-state index in [1.165, 1.54) is 30.3 Å². The summed E-state index contributed by atoms with van der Waals surface area (Å²) < 4.78 is 6.24. The lowest BCUT2D eigenvalue weighted by Gasteiger charge is -2.16. The number of hydrogen-bond acceptors (Lipinski definition) is 5. The summed E-state index contributed by atoms with van der Waals surface area (Å²) in [4.78, 5) is 26.4. The third-order valence-electron chi connectivity index (χ3n) is 6.90. The zero-order chi connectivity index (χ0) is 28.0. The fourth-order valence-electron chi connectivity index (χ4n) is 4.91. The molecule has 3 aliphatic rings. The molecule has 0 atom stereocenters. The molecule has 5 heteroatoms. The summed E-state index contributed by atoms with van der Waals surface area (Å²) in [6.45, 7) is 10.0. The van der Waals surface area contributed by atoms with Crippen LogP contribution in [0.15, 0.2) is 67.9 Å². The Morgan fingerprint density at radius 2 is 2.08 bits per heavy atom. The predicted octanol–water partition coefficient (Wildman–Crippen LogP) is 7.22. The molecule has 0 amide bonds. The van der Waals surface area contributed by atoms with Gasteiger partial charge >= 0.3 is 0 Å². The van der Waals surface area contributed by atoms with Crippen molar-refractivity contribution in [3.63, 3.8) is 0 Å². The number of ether oxygens (including phenoxy) is 1. The maximum atomic E-state index is 13.2.